The maximum atomic E-state index is 13.1. The third kappa shape index (κ3) is 3.26. The van der Waals surface area contributed by atoms with Gasteiger partial charge in [-0.2, -0.15) is 11.8 Å². The Bertz CT molecular complexity index is 419. The maximum Gasteiger partial charge on any atom is 0.488 e. The third-order valence-corrected chi connectivity index (χ3v) is 4.45. The van der Waals surface area contributed by atoms with E-state index in [9.17, 15) is 14.4 Å². The van der Waals surface area contributed by atoms with E-state index in [1.54, 1.807) is 6.07 Å². The molecule has 0 bridgehead atoms. The number of halogens is 1. The lowest BCUT2D eigenvalue weighted by molar-refractivity contribution is 0.224. The molecule has 18 heavy (non-hydrogen) atoms. The van der Waals surface area contributed by atoms with Crippen molar-refractivity contribution in [2.75, 3.05) is 18.1 Å². The van der Waals surface area contributed by atoms with Crippen LogP contribution in [-0.2, 0) is 6.54 Å². The van der Waals surface area contributed by atoms with Crippen molar-refractivity contribution < 1.29 is 14.4 Å². The Labute approximate surface area is 111 Å². The van der Waals surface area contributed by atoms with E-state index >= 15 is 0 Å². The van der Waals surface area contributed by atoms with Gasteiger partial charge in [-0.3, -0.25) is 4.90 Å². The van der Waals surface area contributed by atoms with E-state index < -0.39 is 12.9 Å². The molecule has 0 aliphatic carbocycles. The second-order valence-corrected chi connectivity index (χ2v) is 5.76. The third-order valence-electron chi connectivity index (χ3n) is 3.26. The minimum atomic E-state index is -1.62. The largest absolute Gasteiger partial charge is 0.488 e. The zero-order valence-electron chi connectivity index (χ0n) is 10.3. The first-order valence-electron chi connectivity index (χ1n) is 6.04. The highest BCUT2D eigenvalue weighted by Crippen LogP contribution is 2.18. The molecule has 0 spiro atoms. The van der Waals surface area contributed by atoms with Crippen molar-refractivity contribution in [1.29, 1.82) is 0 Å². The van der Waals surface area contributed by atoms with Gasteiger partial charge in [-0.25, -0.2) is 4.39 Å². The lowest BCUT2D eigenvalue weighted by Crippen LogP contribution is -2.42. The fourth-order valence-electron chi connectivity index (χ4n) is 2.17. The van der Waals surface area contributed by atoms with Gasteiger partial charge >= 0.3 is 7.12 Å². The molecule has 1 fully saturated rings. The molecule has 1 aromatic carbocycles. The van der Waals surface area contributed by atoms with Gasteiger partial charge in [0.15, 0.2) is 0 Å². The van der Waals surface area contributed by atoms with Gasteiger partial charge in [0.25, 0.3) is 0 Å². The van der Waals surface area contributed by atoms with Crippen LogP contribution in [0.4, 0.5) is 4.39 Å². The van der Waals surface area contributed by atoms with E-state index in [1.165, 1.54) is 12.1 Å². The molecule has 3 nitrogen and oxygen atoms in total. The zero-order valence-corrected chi connectivity index (χ0v) is 11.2. The SMILES string of the molecule is CC1CSCCN1Cc1ccc(F)cc1B(O)O. The molecule has 2 rings (SSSR count). The van der Waals surface area contributed by atoms with Crippen molar-refractivity contribution in [2.24, 2.45) is 0 Å². The van der Waals surface area contributed by atoms with E-state index in [2.05, 4.69) is 11.8 Å². The number of nitrogens with zero attached hydrogens (tertiary/aromatic N) is 1. The lowest BCUT2D eigenvalue weighted by Gasteiger charge is -2.33. The topological polar surface area (TPSA) is 43.7 Å². The summed E-state index contributed by atoms with van der Waals surface area (Å²) in [5.41, 5.74) is 1.05. The Hall–Kier alpha value is -0.555. The van der Waals surface area contributed by atoms with Crippen LogP contribution in [0, 0.1) is 5.82 Å². The van der Waals surface area contributed by atoms with Crippen LogP contribution in [-0.4, -0.2) is 46.2 Å². The number of benzene rings is 1. The van der Waals surface area contributed by atoms with Gasteiger partial charge in [-0.15, -0.1) is 0 Å². The summed E-state index contributed by atoms with van der Waals surface area (Å²) >= 11 is 1.93. The summed E-state index contributed by atoms with van der Waals surface area (Å²) in [7, 11) is -1.62. The van der Waals surface area contributed by atoms with Gasteiger partial charge in [0.1, 0.15) is 5.82 Å². The monoisotopic (exact) mass is 269 g/mol. The molecular weight excluding hydrogens is 252 g/mol. The molecule has 6 heteroatoms. The zero-order chi connectivity index (χ0) is 13.1. The highest BCUT2D eigenvalue weighted by molar-refractivity contribution is 7.99. The first-order valence-corrected chi connectivity index (χ1v) is 7.19. The number of hydrogen-bond acceptors (Lipinski definition) is 4. The average molecular weight is 269 g/mol. The fraction of sp³-hybridized carbons (Fsp3) is 0.500. The van der Waals surface area contributed by atoms with Crippen molar-refractivity contribution in [3.8, 4) is 0 Å². The van der Waals surface area contributed by atoms with Gasteiger partial charge in [-0.1, -0.05) is 6.07 Å². The van der Waals surface area contributed by atoms with Crippen LogP contribution in [0.1, 0.15) is 12.5 Å². The molecule has 0 saturated carbocycles. The molecule has 2 N–H and O–H groups in total. The molecule has 0 amide bonds. The Kier molecular flexibility index (Phi) is 4.67. The van der Waals surface area contributed by atoms with E-state index in [0.29, 0.717) is 12.6 Å². The van der Waals surface area contributed by atoms with Crippen LogP contribution in [0.15, 0.2) is 18.2 Å². The number of hydrogen-bond donors (Lipinski definition) is 2. The molecule has 98 valence electrons. The maximum absolute atomic E-state index is 13.1. The molecule has 0 radical (unpaired) electrons. The highest BCUT2D eigenvalue weighted by atomic mass is 32.2. The second-order valence-electron chi connectivity index (χ2n) is 4.61. The first-order chi connectivity index (χ1) is 8.58. The van der Waals surface area contributed by atoms with Gasteiger partial charge in [-0.05, 0) is 30.1 Å². The van der Waals surface area contributed by atoms with Crippen molar-refractivity contribution in [3.63, 3.8) is 0 Å². The predicted molar refractivity (Wildman–Crippen MR) is 73.4 cm³/mol. The lowest BCUT2D eigenvalue weighted by atomic mass is 9.77. The summed E-state index contributed by atoms with van der Waals surface area (Å²) in [6.07, 6.45) is 0. The minimum absolute atomic E-state index is 0.264. The molecule has 1 heterocycles. The smallest absolute Gasteiger partial charge is 0.423 e. The summed E-state index contributed by atoms with van der Waals surface area (Å²) in [6, 6.07) is 4.66. The Balaban J connectivity index is 2.17. The summed E-state index contributed by atoms with van der Waals surface area (Å²) in [5, 5.41) is 18.6. The van der Waals surface area contributed by atoms with Crippen LogP contribution in [0.3, 0.4) is 0 Å². The first kappa shape index (κ1) is 13.9. The van der Waals surface area contributed by atoms with E-state index in [0.717, 1.165) is 23.6 Å². The Morgan fingerprint density at radius 2 is 2.28 bits per heavy atom. The molecule has 1 saturated heterocycles. The second kappa shape index (κ2) is 6.06. The predicted octanol–water partition coefficient (Wildman–Crippen LogP) is 0.443. The van der Waals surface area contributed by atoms with E-state index in [1.807, 2.05) is 11.8 Å². The molecular formula is C12H17BFNO2S. The molecule has 1 aromatic rings. The highest BCUT2D eigenvalue weighted by Gasteiger charge is 2.22. The number of thioether (sulfide) groups is 1. The number of rotatable bonds is 3. The summed E-state index contributed by atoms with van der Waals surface area (Å²) < 4.78 is 13.1. The van der Waals surface area contributed by atoms with E-state index in [4.69, 9.17) is 0 Å². The minimum Gasteiger partial charge on any atom is -0.423 e. The van der Waals surface area contributed by atoms with Gasteiger partial charge in [0, 0.05) is 30.6 Å². The molecule has 0 aromatic heterocycles. The van der Waals surface area contributed by atoms with Gasteiger partial charge in [0.05, 0.1) is 0 Å². The normalized spacial score (nSPS) is 21.0. The average Bonchev–Trinajstić information content (AvgIpc) is 2.34. The van der Waals surface area contributed by atoms with Crippen molar-refractivity contribution >= 4 is 24.3 Å². The standard InChI is InChI=1S/C12H17BFNO2S/c1-9-8-18-5-4-15(9)7-10-2-3-11(14)6-12(10)13(16)17/h2-3,6,9,16-17H,4-5,7-8H2,1H3. The van der Waals surface area contributed by atoms with Crippen LogP contribution in [0.25, 0.3) is 0 Å². The van der Waals surface area contributed by atoms with Crippen molar-refractivity contribution in [3.05, 3.63) is 29.6 Å². The molecule has 1 aliphatic heterocycles. The summed E-state index contributed by atoms with van der Waals surface area (Å²) in [4.78, 5) is 2.29. The van der Waals surface area contributed by atoms with Crippen LogP contribution < -0.4 is 5.46 Å². The quantitative estimate of drug-likeness (QED) is 0.782. The summed E-state index contributed by atoms with van der Waals surface area (Å²) in [6.45, 7) is 3.77. The van der Waals surface area contributed by atoms with Crippen LogP contribution in [0.5, 0.6) is 0 Å². The van der Waals surface area contributed by atoms with Gasteiger partial charge < -0.3 is 10.0 Å². The fourth-order valence-corrected chi connectivity index (χ4v) is 3.25. The van der Waals surface area contributed by atoms with Crippen LogP contribution in [0.2, 0.25) is 0 Å². The Morgan fingerprint density at radius 3 is 2.94 bits per heavy atom. The van der Waals surface area contributed by atoms with Crippen molar-refractivity contribution in [1.82, 2.24) is 4.90 Å². The molecule has 1 unspecified atom stereocenters. The van der Waals surface area contributed by atoms with Crippen molar-refractivity contribution in [2.45, 2.75) is 19.5 Å². The molecule has 1 atom stereocenters. The van der Waals surface area contributed by atoms with Gasteiger partial charge in [0.2, 0.25) is 0 Å². The van der Waals surface area contributed by atoms with E-state index in [-0.39, 0.29) is 5.46 Å². The summed E-state index contributed by atoms with van der Waals surface area (Å²) in [5.74, 6) is 1.73. The van der Waals surface area contributed by atoms with Crippen LogP contribution >= 0.6 is 11.8 Å². The molecule has 1 aliphatic rings. The Morgan fingerprint density at radius 1 is 1.50 bits per heavy atom.